The van der Waals surface area contributed by atoms with Crippen LogP contribution in [-0.4, -0.2) is 38.5 Å². The Balaban J connectivity index is 1.64. The molecule has 0 fully saturated rings. The second-order valence-corrected chi connectivity index (χ2v) is 5.58. The van der Waals surface area contributed by atoms with Crippen LogP contribution >= 0.6 is 0 Å². The van der Waals surface area contributed by atoms with Crippen molar-refractivity contribution in [2.75, 3.05) is 6.54 Å². The molecule has 1 heterocycles. The third-order valence-corrected chi connectivity index (χ3v) is 3.55. The maximum atomic E-state index is 11.9. The molecule has 0 radical (unpaired) electrons. The molecule has 0 unspecified atom stereocenters. The molecule has 1 amide bonds. The molecular formula is C17H22N4O3. The van der Waals surface area contributed by atoms with Crippen molar-refractivity contribution in [3.05, 3.63) is 36.5 Å². The Bertz CT molecular complexity index is 655. The summed E-state index contributed by atoms with van der Waals surface area (Å²) in [4.78, 5) is 22.2. The molecule has 1 aromatic carbocycles. The first-order chi connectivity index (χ1) is 11.6. The van der Waals surface area contributed by atoms with E-state index in [1.54, 1.807) is 6.20 Å². The molecule has 0 bridgehead atoms. The molecule has 2 aromatic rings. The number of benzene rings is 1. The summed E-state index contributed by atoms with van der Waals surface area (Å²) in [6.07, 6.45) is 5.27. The first kappa shape index (κ1) is 17.7. The van der Waals surface area contributed by atoms with Gasteiger partial charge in [0.15, 0.2) is 0 Å². The zero-order valence-electron chi connectivity index (χ0n) is 13.5. The molecule has 0 atom stereocenters. The maximum Gasteiger partial charge on any atom is 0.303 e. The van der Waals surface area contributed by atoms with Crippen LogP contribution in [0, 0.1) is 0 Å². The predicted molar refractivity (Wildman–Crippen MR) is 89.2 cm³/mol. The minimum atomic E-state index is -0.758. The summed E-state index contributed by atoms with van der Waals surface area (Å²) in [7, 11) is 0. The number of carbonyl (C=O) groups excluding carboxylic acids is 1. The van der Waals surface area contributed by atoms with Gasteiger partial charge in [-0.1, -0.05) is 48.4 Å². The highest BCUT2D eigenvalue weighted by molar-refractivity contribution is 5.75. The van der Waals surface area contributed by atoms with Crippen molar-refractivity contribution in [1.29, 1.82) is 0 Å². The van der Waals surface area contributed by atoms with Crippen LogP contribution in [0.2, 0.25) is 0 Å². The molecule has 24 heavy (non-hydrogen) atoms. The van der Waals surface area contributed by atoms with Gasteiger partial charge in [-0.3, -0.25) is 9.59 Å². The van der Waals surface area contributed by atoms with E-state index in [0.717, 1.165) is 30.5 Å². The number of carboxylic acid groups (broad SMARTS) is 1. The number of unbranched alkanes of at least 4 members (excludes halogenated alkanes) is 3. The minimum absolute atomic E-state index is 0.106. The summed E-state index contributed by atoms with van der Waals surface area (Å²) >= 11 is 0. The van der Waals surface area contributed by atoms with Gasteiger partial charge >= 0.3 is 5.97 Å². The zero-order chi connectivity index (χ0) is 17.2. The fraction of sp³-hybridized carbons (Fsp3) is 0.412. The summed E-state index contributed by atoms with van der Waals surface area (Å²) in [6.45, 7) is 0.727. The van der Waals surface area contributed by atoms with Crippen molar-refractivity contribution >= 4 is 11.9 Å². The number of nitrogens with zero attached hydrogens (tertiary/aromatic N) is 3. The SMILES string of the molecule is O=C(O)CCCCCCNC(=O)Cn1cc(-c2ccccc2)nn1. The first-order valence-corrected chi connectivity index (χ1v) is 8.09. The van der Waals surface area contributed by atoms with Gasteiger partial charge in [-0.25, -0.2) is 4.68 Å². The van der Waals surface area contributed by atoms with Crippen LogP contribution in [0.1, 0.15) is 32.1 Å². The van der Waals surface area contributed by atoms with Gasteiger partial charge in [-0.15, -0.1) is 5.10 Å². The lowest BCUT2D eigenvalue weighted by Gasteiger charge is -2.04. The van der Waals surface area contributed by atoms with Crippen molar-refractivity contribution < 1.29 is 14.7 Å². The van der Waals surface area contributed by atoms with E-state index < -0.39 is 5.97 Å². The van der Waals surface area contributed by atoms with Crippen molar-refractivity contribution in [2.24, 2.45) is 0 Å². The van der Waals surface area contributed by atoms with Gasteiger partial charge in [0.05, 0.1) is 6.20 Å². The predicted octanol–water partition coefficient (Wildman–Crippen LogP) is 2.10. The van der Waals surface area contributed by atoms with Crippen LogP contribution in [0.3, 0.4) is 0 Å². The molecule has 0 aliphatic rings. The molecule has 2 rings (SSSR count). The molecule has 2 N–H and O–H groups in total. The fourth-order valence-corrected chi connectivity index (χ4v) is 2.30. The van der Waals surface area contributed by atoms with Crippen LogP contribution < -0.4 is 5.32 Å². The number of carbonyl (C=O) groups is 2. The standard InChI is InChI=1S/C17H22N4O3/c22-16(18-11-7-2-1-6-10-17(23)24)13-21-12-15(19-20-21)14-8-4-3-5-9-14/h3-5,8-9,12H,1-2,6-7,10-11,13H2,(H,18,22)(H,23,24). The number of rotatable bonds is 10. The molecule has 7 heteroatoms. The number of aliphatic carboxylic acids is 1. The number of amides is 1. The van der Waals surface area contributed by atoms with E-state index in [2.05, 4.69) is 15.6 Å². The summed E-state index contributed by atoms with van der Waals surface area (Å²) in [5, 5.41) is 19.4. The Morgan fingerprint density at radius 1 is 1.08 bits per heavy atom. The Morgan fingerprint density at radius 3 is 2.58 bits per heavy atom. The van der Waals surface area contributed by atoms with E-state index in [4.69, 9.17) is 5.11 Å². The van der Waals surface area contributed by atoms with E-state index in [-0.39, 0.29) is 18.9 Å². The molecule has 0 saturated carbocycles. The van der Waals surface area contributed by atoms with E-state index in [1.807, 2.05) is 30.3 Å². The molecular weight excluding hydrogens is 308 g/mol. The van der Waals surface area contributed by atoms with Crippen LogP contribution in [-0.2, 0) is 16.1 Å². The number of hydrogen-bond acceptors (Lipinski definition) is 4. The summed E-state index contributed by atoms with van der Waals surface area (Å²) in [5.41, 5.74) is 1.70. The average Bonchev–Trinajstić information content (AvgIpc) is 3.03. The molecule has 128 valence electrons. The van der Waals surface area contributed by atoms with Gasteiger partial charge in [0.1, 0.15) is 12.2 Å². The largest absolute Gasteiger partial charge is 0.481 e. The zero-order valence-corrected chi connectivity index (χ0v) is 13.5. The van der Waals surface area contributed by atoms with E-state index in [0.29, 0.717) is 13.0 Å². The lowest BCUT2D eigenvalue weighted by molar-refractivity contribution is -0.137. The van der Waals surface area contributed by atoms with Gasteiger partial charge in [-0.2, -0.15) is 0 Å². The van der Waals surface area contributed by atoms with Crippen LogP contribution in [0.15, 0.2) is 36.5 Å². The number of aromatic nitrogens is 3. The highest BCUT2D eigenvalue weighted by Crippen LogP contribution is 2.14. The third-order valence-electron chi connectivity index (χ3n) is 3.55. The second kappa shape index (κ2) is 9.44. The fourth-order valence-electron chi connectivity index (χ4n) is 2.30. The van der Waals surface area contributed by atoms with E-state index in [9.17, 15) is 9.59 Å². The van der Waals surface area contributed by atoms with Gasteiger partial charge in [-0.05, 0) is 12.8 Å². The van der Waals surface area contributed by atoms with Crippen molar-refractivity contribution in [1.82, 2.24) is 20.3 Å². The smallest absolute Gasteiger partial charge is 0.303 e. The quantitative estimate of drug-likeness (QED) is 0.650. The molecule has 0 aliphatic carbocycles. The Morgan fingerprint density at radius 2 is 1.83 bits per heavy atom. The van der Waals surface area contributed by atoms with E-state index in [1.165, 1.54) is 4.68 Å². The Kier molecular flexibility index (Phi) is 6.94. The van der Waals surface area contributed by atoms with Gasteiger partial charge in [0.25, 0.3) is 0 Å². The van der Waals surface area contributed by atoms with Crippen molar-refractivity contribution in [3.8, 4) is 11.3 Å². The Hall–Kier alpha value is -2.70. The average molecular weight is 330 g/mol. The molecule has 0 saturated heterocycles. The third kappa shape index (κ3) is 6.20. The van der Waals surface area contributed by atoms with Crippen molar-refractivity contribution in [3.63, 3.8) is 0 Å². The molecule has 0 aliphatic heterocycles. The lowest BCUT2D eigenvalue weighted by Crippen LogP contribution is -2.28. The minimum Gasteiger partial charge on any atom is -0.481 e. The topological polar surface area (TPSA) is 97.1 Å². The van der Waals surface area contributed by atoms with Crippen molar-refractivity contribution in [2.45, 2.75) is 38.6 Å². The van der Waals surface area contributed by atoms with Gasteiger partial charge in [0, 0.05) is 18.5 Å². The molecule has 1 aromatic heterocycles. The van der Waals surface area contributed by atoms with Gasteiger partial charge < -0.3 is 10.4 Å². The number of nitrogens with one attached hydrogen (secondary N) is 1. The summed E-state index contributed by atoms with van der Waals surface area (Å²) < 4.78 is 1.52. The number of hydrogen-bond donors (Lipinski definition) is 2. The summed E-state index contributed by atoms with van der Waals surface area (Å²) in [6, 6.07) is 9.68. The maximum absolute atomic E-state index is 11.9. The first-order valence-electron chi connectivity index (χ1n) is 8.09. The van der Waals surface area contributed by atoms with Crippen LogP contribution in [0.4, 0.5) is 0 Å². The number of carboxylic acids is 1. The highest BCUT2D eigenvalue weighted by atomic mass is 16.4. The monoisotopic (exact) mass is 330 g/mol. The second-order valence-electron chi connectivity index (χ2n) is 5.58. The summed E-state index contributed by atoms with van der Waals surface area (Å²) in [5.74, 6) is -0.865. The normalized spacial score (nSPS) is 10.5. The molecule has 7 nitrogen and oxygen atoms in total. The van der Waals surface area contributed by atoms with Crippen LogP contribution in [0.5, 0.6) is 0 Å². The lowest BCUT2D eigenvalue weighted by atomic mass is 10.1. The highest BCUT2D eigenvalue weighted by Gasteiger charge is 2.07. The van der Waals surface area contributed by atoms with E-state index >= 15 is 0 Å². The molecule has 0 spiro atoms. The van der Waals surface area contributed by atoms with Gasteiger partial charge in [0.2, 0.25) is 5.91 Å². The Labute approximate surface area is 140 Å². The van der Waals surface area contributed by atoms with Crippen LogP contribution in [0.25, 0.3) is 11.3 Å².